The molecule has 4 rings (SSSR count). The van der Waals surface area contributed by atoms with E-state index in [-0.39, 0.29) is 0 Å². The Morgan fingerprint density at radius 1 is 1.11 bits per heavy atom. The summed E-state index contributed by atoms with van der Waals surface area (Å²) in [6.45, 7) is 5.01. The Bertz CT molecular complexity index is 314. The first-order valence-electron chi connectivity index (χ1n) is 8.82. The Morgan fingerprint density at radius 3 is 2.26 bits per heavy atom. The Morgan fingerprint density at radius 2 is 1.74 bits per heavy atom. The van der Waals surface area contributed by atoms with Gasteiger partial charge in [-0.25, -0.2) is 0 Å². The van der Waals surface area contributed by atoms with E-state index in [0.717, 1.165) is 23.9 Å². The van der Waals surface area contributed by atoms with E-state index in [1.54, 1.807) is 0 Å². The number of piperazine rings is 1. The van der Waals surface area contributed by atoms with Gasteiger partial charge in [0.1, 0.15) is 0 Å². The molecule has 0 radical (unpaired) electrons. The van der Waals surface area contributed by atoms with E-state index in [1.165, 1.54) is 70.9 Å². The fourth-order valence-electron chi connectivity index (χ4n) is 4.90. The van der Waals surface area contributed by atoms with Crippen LogP contribution >= 0.6 is 0 Å². The standard InChI is InChI=1S/C17H30N2/c1-2-15-11-18-17(9-3-4-10-17)12-19(15)16(13-5-6-13)14-7-8-14/h13-16,18H,2-12H2,1H3. The van der Waals surface area contributed by atoms with Gasteiger partial charge < -0.3 is 5.32 Å². The molecule has 108 valence electrons. The molecular formula is C17H30N2. The van der Waals surface area contributed by atoms with Crippen LogP contribution in [0, 0.1) is 11.8 Å². The first-order chi connectivity index (χ1) is 9.31. The molecule has 1 heterocycles. The molecule has 2 nitrogen and oxygen atoms in total. The van der Waals surface area contributed by atoms with Gasteiger partial charge >= 0.3 is 0 Å². The van der Waals surface area contributed by atoms with Crippen molar-refractivity contribution in [2.75, 3.05) is 13.1 Å². The minimum Gasteiger partial charge on any atom is -0.308 e. The van der Waals surface area contributed by atoms with Crippen molar-refractivity contribution in [3.05, 3.63) is 0 Å². The highest BCUT2D eigenvalue weighted by atomic mass is 15.3. The second-order valence-corrected chi connectivity index (χ2v) is 7.77. The summed E-state index contributed by atoms with van der Waals surface area (Å²) < 4.78 is 0. The SMILES string of the molecule is CCC1CNC2(CCCC2)CN1C(C1CC1)C1CC1. The molecule has 0 aromatic carbocycles. The predicted molar refractivity (Wildman–Crippen MR) is 79.2 cm³/mol. The van der Waals surface area contributed by atoms with Gasteiger partial charge in [-0.2, -0.15) is 0 Å². The molecule has 2 heteroatoms. The summed E-state index contributed by atoms with van der Waals surface area (Å²) in [5, 5.41) is 3.96. The quantitative estimate of drug-likeness (QED) is 0.837. The summed E-state index contributed by atoms with van der Waals surface area (Å²) in [6, 6.07) is 1.78. The van der Waals surface area contributed by atoms with E-state index in [9.17, 15) is 0 Å². The number of nitrogens with zero attached hydrogens (tertiary/aromatic N) is 1. The van der Waals surface area contributed by atoms with Gasteiger partial charge in [0.25, 0.3) is 0 Å². The second kappa shape index (κ2) is 4.73. The van der Waals surface area contributed by atoms with Crippen LogP contribution in [-0.2, 0) is 0 Å². The number of nitrogens with one attached hydrogen (secondary N) is 1. The van der Waals surface area contributed by atoms with Crippen LogP contribution in [0.1, 0.15) is 64.7 Å². The summed E-state index contributed by atoms with van der Waals surface area (Å²) in [7, 11) is 0. The van der Waals surface area contributed by atoms with Gasteiger partial charge in [0.2, 0.25) is 0 Å². The molecule has 0 aromatic rings. The van der Waals surface area contributed by atoms with E-state index in [4.69, 9.17) is 0 Å². The first-order valence-corrected chi connectivity index (χ1v) is 8.82. The molecule has 0 amide bonds. The van der Waals surface area contributed by atoms with Crippen molar-refractivity contribution in [1.82, 2.24) is 10.2 Å². The van der Waals surface area contributed by atoms with Crippen LogP contribution in [0.5, 0.6) is 0 Å². The van der Waals surface area contributed by atoms with Crippen molar-refractivity contribution in [2.45, 2.75) is 82.3 Å². The third-order valence-electron chi connectivity index (χ3n) is 6.29. The fraction of sp³-hybridized carbons (Fsp3) is 1.00. The monoisotopic (exact) mass is 262 g/mol. The van der Waals surface area contributed by atoms with Crippen LogP contribution in [0.3, 0.4) is 0 Å². The van der Waals surface area contributed by atoms with E-state index >= 15 is 0 Å². The summed E-state index contributed by atoms with van der Waals surface area (Å²) in [4.78, 5) is 3.00. The van der Waals surface area contributed by atoms with Crippen LogP contribution in [0.15, 0.2) is 0 Å². The average Bonchev–Trinajstić information content (AvgIpc) is 3.34. The summed E-state index contributed by atoms with van der Waals surface area (Å²) in [5.74, 6) is 2.14. The average molecular weight is 262 g/mol. The largest absolute Gasteiger partial charge is 0.308 e. The van der Waals surface area contributed by atoms with Crippen molar-refractivity contribution >= 4 is 0 Å². The van der Waals surface area contributed by atoms with E-state index in [1.807, 2.05) is 0 Å². The smallest absolute Gasteiger partial charge is 0.0309 e. The van der Waals surface area contributed by atoms with Crippen molar-refractivity contribution in [3.8, 4) is 0 Å². The molecule has 0 bridgehead atoms. The summed E-state index contributed by atoms with van der Waals surface area (Å²) in [5.41, 5.74) is 0.508. The van der Waals surface area contributed by atoms with Crippen LogP contribution in [0.25, 0.3) is 0 Å². The summed E-state index contributed by atoms with van der Waals surface area (Å²) >= 11 is 0. The van der Waals surface area contributed by atoms with Crippen molar-refractivity contribution in [1.29, 1.82) is 0 Å². The zero-order chi connectivity index (χ0) is 12.9. The van der Waals surface area contributed by atoms with Gasteiger partial charge in [0.15, 0.2) is 0 Å². The van der Waals surface area contributed by atoms with Gasteiger partial charge in [0, 0.05) is 30.7 Å². The zero-order valence-electron chi connectivity index (χ0n) is 12.5. The number of hydrogen-bond donors (Lipinski definition) is 1. The molecule has 0 aromatic heterocycles. The van der Waals surface area contributed by atoms with Crippen molar-refractivity contribution < 1.29 is 0 Å². The molecule has 1 saturated heterocycles. The Labute approximate surface area is 118 Å². The molecule has 4 fully saturated rings. The van der Waals surface area contributed by atoms with Gasteiger partial charge in [0.05, 0.1) is 0 Å². The minimum atomic E-state index is 0.508. The fourth-order valence-corrected chi connectivity index (χ4v) is 4.90. The number of rotatable bonds is 4. The van der Waals surface area contributed by atoms with Crippen LogP contribution < -0.4 is 5.32 Å². The molecule has 1 unspecified atom stereocenters. The maximum atomic E-state index is 3.96. The van der Waals surface area contributed by atoms with Gasteiger partial charge in [-0.15, -0.1) is 0 Å². The third kappa shape index (κ3) is 2.35. The molecule has 3 aliphatic carbocycles. The molecule has 4 aliphatic rings. The van der Waals surface area contributed by atoms with E-state index in [2.05, 4.69) is 17.1 Å². The van der Waals surface area contributed by atoms with Crippen molar-refractivity contribution in [3.63, 3.8) is 0 Å². The first kappa shape index (κ1) is 12.6. The van der Waals surface area contributed by atoms with Crippen LogP contribution in [-0.4, -0.2) is 35.6 Å². The molecule has 3 saturated carbocycles. The lowest BCUT2D eigenvalue weighted by molar-refractivity contribution is 0.0236. The lowest BCUT2D eigenvalue weighted by Crippen LogP contribution is -2.65. The third-order valence-corrected chi connectivity index (χ3v) is 6.29. The highest BCUT2D eigenvalue weighted by molar-refractivity contribution is 5.06. The molecule has 1 atom stereocenters. The van der Waals surface area contributed by atoms with E-state index < -0.39 is 0 Å². The second-order valence-electron chi connectivity index (χ2n) is 7.77. The topological polar surface area (TPSA) is 15.3 Å². The van der Waals surface area contributed by atoms with Crippen LogP contribution in [0.2, 0.25) is 0 Å². The van der Waals surface area contributed by atoms with Gasteiger partial charge in [-0.3, -0.25) is 4.90 Å². The molecule has 19 heavy (non-hydrogen) atoms. The minimum absolute atomic E-state index is 0.508. The maximum absolute atomic E-state index is 3.96. The Kier molecular flexibility index (Phi) is 3.15. The lowest BCUT2D eigenvalue weighted by atomic mass is 9.88. The zero-order valence-corrected chi connectivity index (χ0v) is 12.5. The highest BCUT2D eigenvalue weighted by Gasteiger charge is 2.50. The van der Waals surface area contributed by atoms with Crippen LogP contribution in [0.4, 0.5) is 0 Å². The Balaban J connectivity index is 1.54. The normalized spacial score (nSPS) is 35.4. The molecule has 1 aliphatic heterocycles. The summed E-state index contributed by atoms with van der Waals surface area (Å²) in [6.07, 6.45) is 13.2. The van der Waals surface area contributed by atoms with Crippen molar-refractivity contribution in [2.24, 2.45) is 11.8 Å². The molecule has 1 N–H and O–H groups in total. The predicted octanol–water partition coefficient (Wildman–Crippen LogP) is 3.17. The van der Waals surface area contributed by atoms with E-state index in [0.29, 0.717) is 5.54 Å². The number of hydrogen-bond acceptors (Lipinski definition) is 2. The van der Waals surface area contributed by atoms with Gasteiger partial charge in [-0.05, 0) is 56.8 Å². The molecule has 1 spiro atoms. The molecular weight excluding hydrogens is 232 g/mol. The Hall–Kier alpha value is -0.0800. The maximum Gasteiger partial charge on any atom is 0.0309 e. The van der Waals surface area contributed by atoms with Gasteiger partial charge in [-0.1, -0.05) is 19.8 Å². The highest BCUT2D eigenvalue weighted by Crippen LogP contribution is 2.49. The lowest BCUT2D eigenvalue weighted by Gasteiger charge is -2.50.